The lowest BCUT2D eigenvalue weighted by molar-refractivity contribution is 0.245. The number of ether oxygens (including phenoxy) is 1. The minimum absolute atomic E-state index is 0.247. The molecule has 0 spiro atoms. The summed E-state index contributed by atoms with van der Waals surface area (Å²) in [6.45, 7) is 1.64. The van der Waals surface area contributed by atoms with Crippen LogP contribution >= 0.6 is 23.2 Å². The van der Waals surface area contributed by atoms with Crippen molar-refractivity contribution >= 4 is 29.3 Å². The molecule has 1 unspecified atom stereocenters. The number of aromatic nitrogens is 1. The van der Waals surface area contributed by atoms with Crippen LogP contribution in [0.4, 0.5) is 0 Å². The Hall–Kier alpha value is -0.770. The van der Waals surface area contributed by atoms with Crippen molar-refractivity contribution in [1.29, 1.82) is 0 Å². The molecule has 1 heterocycles. The fourth-order valence-electron chi connectivity index (χ4n) is 1.03. The number of nitrogens with zero attached hydrogens (tertiary/aromatic N) is 1. The largest absolute Gasteiger partial charge is 0.496 e. The van der Waals surface area contributed by atoms with E-state index in [-0.39, 0.29) is 10.3 Å². The van der Waals surface area contributed by atoms with Crippen molar-refractivity contribution in [3.05, 3.63) is 28.0 Å². The Morgan fingerprint density at radius 2 is 2.20 bits per heavy atom. The molecule has 1 rings (SSSR count). The number of aliphatic hydroxyl groups excluding tert-OH is 1. The third-order valence-electron chi connectivity index (χ3n) is 1.70. The van der Waals surface area contributed by atoms with Crippen LogP contribution in [-0.2, 0) is 0 Å². The maximum Gasteiger partial charge on any atom is 0.141 e. The number of hydrogen-bond acceptors (Lipinski definition) is 3. The standard InChI is InChI=1S/C10H11Cl2NO2/c1-6(14)3-4-7-8(15-2)5-9(11)13-10(7)12/h3-6,14H,1-2H3/b4-3+. The molecule has 0 bridgehead atoms. The summed E-state index contributed by atoms with van der Waals surface area (Å²) in [6.07, 6.45) is 2.68. The molecule has 1 aromatic rings. The van der Waals surface area contributed by atoms with Crippen LogP contribution in [0.2, 0.25) is 10.3 Å². The molecule has 0 aliphatic heterocycles. The first-order valence-electron chi connectivity index (χ1n) is 4.31. The van der Waals surface area contributed by atoms with Crippen LogP contribution in [0.15, 0.2) is 12.1 Å². The summed E-state index contributed by atoms with van der Waals surface area (Å²) in [4.78, 5) is 3.88. The number of methoxy groups -OCH3 is 1. The Morgan fingerprint density at radius 3 is 2.73 bits per heavy atom. The molecule has 5 heteroatoms. The second-order valence-corrected chi connectivity index (χ2v) is 3.70. The summed E-state index contributed by atoms with van der Waals surface area (Å²) in [5.41, 5.74) is 0.601. The molecular formula is C10H11Cl2NO2. The van der Waals surface area contributed by atoms with Crippen LogP contribution in [0.1, 0.15) is 12.5 Å². The number of hydrogen-bond donors (Lipinski definition) is 1. The summed E-state index contributed by atoms with van der Waals surface area (Å²) < 4.78 is 5.10. The molecule has 0 fully saturated rings. The molecule has 1 atom stereocenters. The fourth-order valence-corrected chi connectivity index (χ4v) is 1.50. The van der Waals surface area contributed by atoms with E-state index in [4.69, 9.17) is 33.0 Å². The predicted molar refractivity (Wildman–Crippen MR) is 61.5 cm³/mol. The summed E-state index contributed by atoms with van der Waals surface area (Å²) in [7, 11) is 1.52. The van der Waals surface area contributed by atoms with Gasteiger partial charge in [0.1, 0.15) is 16.1 Å². The van der Waals surface area contributed by atoms with Gasteiger partial charge >= 0.3 is 0 Å². The molecule has 0 radical (unpaired) electrons. The van der Waals surface area contributed by atoms with Gasteiger partial charge in [-0.3, -0.25) is 0 Å². The summed E-state index contributed by atoms with van der Waals surface area (Å²) in [5.74, 6) is 0.525. The van der Waals surface area contributed by atoms with E-state index in [2.05, 4.69) is 4.98 Å². The van der Waals surface area contributed by atoms with Crippen LogP contribution in [-0.4, -0.2) is 23.3 Å². The van der Waals surface area contributed by atoms with Crippen LogP contribution in [0.3, 0.4) is 0 Å². The smallest absolute Gasteiger partial charge is 0.141 e. The van der Waals surface area contributed by atoms with Crippen LogP contribution < -0.4 is 4.74 Å². The molecule has 15 heavy (non-hydrogen) atoms. The van der Waals surface area contributed by atoms with Crippen molar-refractivity contribution < 1.29 is 9.84 Å². The highest BCUT2D eigenvalue weighted by atomic mass is 35.5. The Kier molecular flexibility index (Phi) is 4.39. The van der Waals surface area contributed by atoms with E-state index >= 15 is 0 Å². The highest BCUT2D eigenvalue weighted by molar-refractivity contribution is 6.33. The Bertz CT molecular complexity index is 378. The van der Waals surface area contributed by atoms with E-state index in [1.54, 1.807) is 25.1 Å². The lowest BCUT2D eigenvalue weighted by Crippen LogP contribution is -1.94. The number of pyridine rings is 1. The fraction of sp³-hybridized carbons (Fsp3) is 0.300. The zero-order valence-electron chi connectivity index (χ0n) is 8.37. The number of halogens is 2. The SMILES string of the molecule is COc1cc(Cl)nc(Cl)c1/C=C/C(C)O. The summed E-state index contributed by atoms with van der Waals surface area (Å²) >= 11 is 11.6. The Morgan fingerprint density at radius 1 is 1.53 bits per heavy atom. The second-order valence-electron chi connectivity index (χ2n) is 2.95. The first kappa shape index (κ1) is 12.3. The van der Waals surface area contributed by atoms with Crippen molar-refractivity contribution in [1.82, 2.24) is 4.98 Å². The monoisotopic (exact) mass is 247 g/mol. The normalized spacial score (nSPS) is 13.1. The van der Waals surface area contributed by atoms with Gasteiger partial charge in [-0.05, 0) is 13.0 Å². The molecule has 0 amide bonds. The third kappa shape index (κ3) is 3.38. The maximum absolute atomic E-state index is 9.11. The highest BCUT2D eigenvalue weighted by Crippen LogP contribution is 2.29. The van der Waals surface area contributed by atoms with E-state index in [9.17, 15) is 0 Å². The van der Waals surface area contributed by atoms with E-state index in [1.165, 1.54) is 7.11 Å². The summed E-state index contributed by atoms with van der Waals surface area (Å²) in [6, 6.07) is 1.56. The van der Waals surface area contributed by atoms with E-state index in [1.807, 2.05) is 0 Å². The topological polar surface area (TPSA) is 42.4 Å². The van der Waals surface area contributed by atoms with Gasteiger partial charge in [0, 0.05) is 6.07 Å². The molecule has 82 valence electrons. The Labute approximate surface area is 98.3 Å². The molecule has 1 N–H and O–H groups in total. The van der Waals surface area contributed by atoms with Gasteiger partial charge in [0.05, 0.1) is 18.8 Å². The molecule has 0 aromatic carbocycles. The molecule has 0 aliphatic rings. The molecular weight excluding hydrogens is 237 g/mol. The quantitative estimate of drug-likeness (QED) is 0.836. The zero-order chi connectivity index (χ0) is 11.4. The number of rotatable bonds is 3. The van der Waals surface area contributed by atoms with Crippen molar-refractivity contribution in [2.75, 3.05) is 7.11 Å². The molecule has 1 aromatic heterocycles. The average Bonchev–Trinajstić information content (AvgIpc) is 2.14. The zero-order valence-corrected chi connectivity index (χ0v) is 9.88. The van der Waals surface area contributed by atoms with Crippen molar-refractivity contribution in [3.8, 4) is 5.75 Å². The molecule has 0 saturated heterocycles. The van der Waals surface area contributed by atoms with E-state index in [0.29, 0.717) is 11.3 Å². The first-order chi connectivity index (χ1) is 7.04. The minimum atomic E-state index is -0.554. The van der Waals surface area contributed by atoms with Crippen LogP contribution in [0, 0.1) is 0 Å². The van der Waals surface area contributed by atoms with Gasteiger partial charge in [-0.15, -0.1) is 0 Å². The lowest BCUT2D eigenvalue weighted by atomic mass is 10.2. The van der Waals surface area contributed by atoms with Gasteiger partial charge in [-0.2, -0.15) is 0 Å². The van der Waals surface area contributed by atoms with E-state index in [0.717, 1.165) is 0 Å². The minimum Gasteiger partial charge on any atom is -0.496 e. The molecule has 0 saturated carbocycles. The lowest BCUT2D eigenvalue weighted by Gasteiger charge is -2.06. The summed E-state index contributed by atoms with van der Waals surface area (Å²) in [5, 5.41) is 9.62. The van der Waals surface area contributed by atoms with Gasteiger partial charge in [0.25, 0.3) is 0 Å². The van der Waals surface area contributed by atoms with Gasteiger partial charge in [0.2, 0.25) is 0 Å². The van der Waals surface area contributed by atoms with Gasteiger partial charge < -0.3 is 9.84 Å². The molecule has 3 nitrogen and oxygen atoms in total. The van der Waals surface area contributed by atoms with Gasteiger partial charge in [-0.1, -0.05) is 29.3 Å². The van der Waals surface area contributed by atoms with Gasteiger partial charge in [0.15, 0.2) is 0 Å². The Balaban J connectivity index is 3.15. The maximum atomic E-state index is 9.11. The van der Waals surface area contributed by atoms with Crippen LogP contribution in [0.5, 0.6) is 5.75 Å². The van der Waals surface area contributed by atoms with E-state index < -0.39 is 6.10 Å². The first-order valence-corrected chi connectivity index (χ1v) is 5.06. The van der Waals surface area contributed by atoms with Gasteiger partial charge in [-0.25, -0.2) is 4.98 Å². The highest BCUT2D eigenvalue weighted by Gasteiger charge is 2.08. The second kappa shape index (κ2) is 5.35. The predicted octanol–water partition coefficient (Wildman–Crippen LogP) is 2.79. The van der Waals surface area contributed by atoms with Crippen LogP contribution in [0.25, 0.3) is 6.08 Å². The van der Waals surface area contributed by atoms with Crippen molar-refractivity contribution in [2.45, 2.75) is 13.0 Å². The average molecular weight is 248 g/mol. The van der Waals surface area contributed by atoms with Crippen molar-refractivity contribution in [2.24, 2.45) is 0 Å². The third-order valence-corrected chi connectivity index (χ3v) is 2.19. The van der Waals surface area contributed by atoms with Crippen molar-refractivity contribution in [3.63, 3.8) is 0 Å². The number of aliphatic hydroxyl groups is 1. The molecule has 0 aliphatic carbocycles.